The third-order valence-corrected chi connectivity index (χ3v) is 15.1. The van der Waals surface area contributed by atoms with Crippen LogP contribution >= 0.6 is 7.82 Å². The summed E-state index contributed by atoms with van der Waals surface area (Å²) in [5, 5.41) is 0. The molecule has 0 aromatic carbocycles. The lowest BCUT2D eigenvalue weighted by atomic mass is 10.0. The van der Waals surface area contributed by atoms with Crippen LogP contribution in [0.15, 0.2) is 48.6 Å². The van der Waals surface area contributed by atoms with E-state index in [1.165, 1.54) is 212 Å². The predicted molar refractivity (Wildman–Crippen MR) is 321 cm³/mol. The molecule has 440 valence electrons. The monoisotopic (exact) mass is 1080 g/mol. The molecule has 0 heterocycles. The largest absolute Gasteiger partial charge is 0.472 e. The molecule has 0 radical (unpaired) electrons. The van der Waals surface area contributed by atoms with Crippen molar-refractivity contribution in [2.24, 2.45) is 0 Å². The number of unbranched alkanes of at least 4 members (excludes halogenated alkanes) is 37. The van der Waals surface area contributed by atoms with Gasteiger partial charge >= 0.3 is 19.8 Å². The normalized spacial score (nSPS) is 13.5. The minimum atomic E-state index is -4.39. The Kier molecular flexibility index (Phi) is 55.1. The van der Waals surface area contributed by atoms with Crippen LogP contribution in [0, 0.1) is 0 Å². The van der Waals surface area contributed by atoms with Crippen molar-refractivity contribution in [2.75, 3.05) is 47.5 Å². The number of carbonyl (C=O) groups excluding carboxylic acids is 2. The molecule has 2 atom stereocenters. The van der Waals surface area contributed by atoms with Crippen LogP contribution in [0.3, 0.4) is 0 Å². The maximum atomic E-state index is 12.8. The number of ether oxygens (including phenoxy) is 2. The summed E-state index contributed by atoms with van der Waals surface area (Å²) >= 11 is 0. The lowest BCUT2D eigenvalue weighted by Gasteiger charge is -2.24. The van der Waals surface area contributed by atoms with Crippen molar-refractivity contribution >= 4 is 19.8 Å². The minimum Gasteiger partial charge on any atom is -0.462 e. The molecular weight excluding hydrogens is 954 g/mol. The van der Waals surface area contributed by atoms with Gasteiger partial charge in [0.25, 0.3) is 0 Å². The van der Waals surface area contributed by atoms with E-state index in [4.69, 9.17) is 18.5 Å². The summed E-state index contributed by atoms with van der Waals surface area (Å²) in [4.78, 5) is 35.7. The fraction of sp³-hybridized carbons (Fsp3) is 0.846. The van der Waals surface area contributed by atoms with Gasteiger partial charge in [-0.25, -0.2) is 4.57 Å². The van der Waals surface area contributed by atoms with Gasteiger partial charge < -0.3 is 18.9 Å². The first-order chi connectivity index (χ1) is 36.5. The zero-order valence-corrected chi connectivity index (χ0v) is 50.9. The van der Waals surface area contributed by atoms with Gasteiger partial charge in [-0.05, 0) is 77.0 Å². The Morgan fingerprint density at radius 3 is 1.07 bits per heavy atom. The second kappa shape index (κ2) is 56.7. The summed E-state index contributed by atoms with van der Waals surface area (Å²) in [7, 11) is 1.48. The van der Waals surface area contributed by atoms with Gasteiger partial charge in [-0.3, -0.25) is 18.6 Å². The topological polar surface area (TPSA) is 108 Å². The zero-order chi connectivity index (χ0) is 54.9. The molecule has 0 amide bonds. The van der Waals surface area contributed by atoms with E-state index in [1.54, 1.807) is 0 Å². The van der Waals surface area contributed by atoms with Gasteiger partial charge in [-0.2, -0.15) is 0 Å². The average molecular weight is 1080 g/mol. The van der Waals surface area contributed by atoms with Gasteiger partial charge in [0.15, 0.2) is 6.10 Å². The van der Waals surface area contributed by atoms with Gasteiger partial charge in [0.1, 0.15) is 19.8 Å². The molecule has 1 N–H and O–H groups in total. The van der Waals surface area contributed by atoms with Crippen LogP contribution in [0.25, 0.3) is 0 Å². The standard InChI is InChI=1S/C65H122NO8P/c1-6-8-10-12-14-16-18-20-22-24-26-27-28-29-30-31-32-33-34-35-36-37-38-39-40-42-44-46-48-50-52-54-56-58-65(68)74-63(62-73-75(69,70)72-60-59-66(3,4)5)61-71-64(67)57-55-53-51-49-47-45-43-41-25-23-21-19-17-15-13-11-9-7-2/h17-20,23-26,63H,6-16,21-22,27-62H2,1-5H3/p+1/b19-17-,20-18-,25-23-,26-24-. The third-order valence-electron chi connectivity index (χ3n) is 14.1. The molecule has 0 aliphatic rings. The first kappa shape index (κ1) is 73.0. The molecule has 75 heavy (non-hydrogen) atoms. The first-order valence-corrected chi connectivity index (χ1v) is 33.4. The van der Waals surface area contributed by atoms with E-state index in [-0.39, 0.29) is 32.0 Å². The highest BCUT2D eigenvalue weighted by Gasteiger charge is 2.27. The van der Waals surface area contributed by atoms with Crippen molar-refractivity contribution in [3.8, 4) is 0 Å². The van der Waals surface area contributed by atoms with Crippen LogP contribution < -0.4 is 0 Å². The molecule has 0 saturated heterocycles. The molecule has 10 heteroatoms. The fourth-order valence-electron chi connectivity index (χ4n) is 9.14. The number of hydrogen-bond donors (Lipinski definition) is 1. The summed E-state index contributed by atoms with van der Waals surface area (Å²) in [6, 6.07) is 0. The molecule has 0 aliphatic carbocycles. The SMILES string of the molecule is CCCCCC/C=C\C/C=C\CCCCCCCCCC(=O)OCC(COP(=O)(O)OCC[N+](C)(C)C)OC(=O)CCCCCCCCCCCCCCCCCCCCCCC/C=C\C/C=C\CCCCCCC. The quantitative estimate of drug-likeness (QED) is 0.0211. The smallest absolute Gasteiger partial charge is 0.462 e. The second-order valence-corrected chi connectivity index (χ2v) is 24.2. The lowest BCUT2D eigenvalue weighted by molar-refractivity contribution is -0.870. The Hall–Kier alpha value is -2.03. The molecule has 0 aromatic rings. The van der Waals surface area contributed by atoms with Crippen LogP contribution in [-0.4, -0.2) is 74.9 Å². The van der Waals surface area contributed by atoms with Crippen LogP contribution in [0.2, 0.25) is 0 Å². The molecule has 2 unspecified atom stereocenters. The van der Waals surface area contributed by atoms with E-state index in [1.807, 2.05) is 21.1 Å². The van der Waals surface area contributed by atoms with Gasteiger partial charge in [-0.1, -0.05) is 262 Å². The van der Waals surface area contributed by atoms with E-state index in [0.717, 1.165) is 57.8 Å². The van der Waals surface area contributed by atoms with E-state index in [0.29, 0.717) is 17.4 Å². The van der Waals surface area contributed by atoms with E-state index >= 15 is 0 Å². The maximum absolute atomic E-state index is 12.8. The minimum absolute atomic E-state index is 0.0312. The maximum Gasteiger partial charge on any atom is 0.472 e. The van der Waals surface area contributed by atoms with Crippen LogP contribution in [0.5, 0.6) is 0 Å². The van der Waals surface area contributed by atoms with Crippen molar-refractivity contribution in [3.63, 3.8) is 0 Å². The van der Waals surface area contributed by atoms with E-state index < -0.39 is 26.5 Å². The fourth-order valence-corrected chi connectivity index (χ4v) is 9.88. The number of likely N-dealkylation sites (N-methyl/N-ethyl adjacent to an activating group) is 1. The van der Waals surface area contributed by atoms with Gasteiger partial charge in [0.05, 0.1) is 27.7 Å². The van der Waals surface area contributed by atoms with Crippen LogP contribution in [0.4, 0.5) is 0 Å². The van der Waals surface area contributed by atoms with E-state index in [2.05, 4.69) is 62.5 Å². The number of nitrogens with zero attached hydrogens (tertiary/aromatic N) is 1. The van der Waals surface area contributed by atoms with Crippen molar-refractivity contribution in [3.05, 3.63) is 48.6 Å². The van der Waals surface area contributed by atoms with E-state index in [9.17, 15) is 19.0 Å². The highest BCUT2D eigenvalue weighted by atomic mass is 31.2. The molecule has 0 aliphatic heterocycles. The highest BCUT2D eigenvalue weighted by Crippen LogP contribution is 2.43. The Labute approximate surface area is 464 Å². The Morgan fingerprint density at radius 1 is 0.413 bits per heavy atom. The summed E-state index contributed by atoms with van der Waals surface area (Å²) in [5.74, 6) is -0.794. The number of allylic oxidation sites excluding steroid dienone is 8. The highest BCUT2D eigenvalue weighted by molar-refractivity contribution is 7.47. The number of esters is 2. The zero-order valence-electron chi connectivity index (χ0n) is 50.0. The predicted octanol–water partition coefficient (Wildman–Crippen LogP) is 20.1. The number of quaternary nitrogens is 1. The number of phosphoric ester groups is 1. The summed E-state index contributed by atoms with van der Waals surface area (Å²) in [6.45, 7) is 4.44. The van der Waals surface area contributed by atoms with Crippen molar-refractivity contribution in [1.29, 1.82) is 0 Å². The molecule has 0 spiro atoms. The summed E-state index contributed by atoms with van der Waals surface area (Å²) < 4.78 is 34.6. The van der Waals surface area contributed by atoms with Crippen molar-refractivity contribution < 1.29 is 42.1 Å². The Bertz CT molecular complexity index is 1410. The number of phosphoric acid groups is 1. The Balaban J connectivity index is 4.02. The molecule has 9 nitrogen and oxygen atoms in total. The number of hydrogen-bond acceptors (Lipinski definition) is 7. The Morgan fingerprint density at radius 2 is 0.720 bits per heavy atom. The molecule has 0 aromatic heterocycles. The summed E-state index contributed by atoms with van der Waals surface area (Å²) in [6.07, 6.45) is 72.0. The first-order valence-electron chi connectivity index (χ1n) is 31.9. The van der Waals surface area contributed by atoms with Gasteiger partial charge in [0, 0.05) is 12.8 Å². The number of carbonyl (C=O) groups is 2. The number of rotatable bonds is 59. The van der Waals surface area contributed by atoms with Crippen LogP contribution in [0.1, 0.15) is 303 Å². The molecule has 0 saturated carbocycles. The second-order valence-electron chi connectivity index (χ2n) is 22.8. The lowest BCUT2D eigenvalue weighted by Crippen LogP contribution is -2.37. The van der Waals surface area contributed by atoms with Crippen LogP contribution in [-0.2, 0) is 32.7 Å². The third kappa shape index (κ3) is 61.1. The molecule has 0 rings (SSSR count). The molecule has 0 fully saturated rings. The molecule has 0 bridgehead atoms. The van der Waals surface area contributed by atoms with Crippen molar-refractivity contribution in [1.82, 2.24) is 0 Å². The van der Waals surface area contributed by atoms with Crippen molar-refractivity contribution in [2.45, 2.75) is 309 Å². The van der Waals surface area contributed by atoms with Gasteiger partial charge in [-0.15, -0.1) is 0 Å². The summed E-state index contributed by atoms with van der Waals surface area (Å²) in [5.41, 5.74) is 0. The molecular formula is C65H123NO8P+. The van der Waals surface area contributed by atoms with Gasteiger partial charge in [0.2, 0.25) is 0 Å². The average Bonchev–Trinajstić information content (AvgIpc) is 3.37.